The Morgan fingerprint density at radius 1 is 1.09 bits per heavy atom. The molecule has 0 radical (unpaired) electrons. The van der Waals surface area contributed by atoms with E-state index in [1.807, 2.05) is 6.92 Å². The molecule has 0 amide bonds. The number of nitrogens with two attached hydrogens (primary N) is 1. The molecule has 7 nitrogen and oxygen atoms in total. The zero-order valence-corrected chi connectivity index (χ0v) is 18.2. The van der Waals surface area contributed by atoms with Gasteiger partial charge >= 0.3 is 5.97 Å². The van der Waals surface area contributed by atoms with Gasteiger partial charge in [-0.25, -0.2) is 9.18 Å². The Hall–Kier alpha value is -4.07. The van der Waals surface area contributed by atoms with E-state index in [9.17, 15) is 14.3 Å². The van der Waals surface area contributed by atoms with Gasteiger partial charge < -0.3 is 25.6 Å². The van der Waals surface area contributed by atoms with Gasteiger partial charge in [-0.3, -0.25) is 5.41 Å². The molecule has 5 N–H and O–H groups in total. The van der Waals surface area contributed by atoms with Gasteiger partial charge in [-0.2, -0.15) is 0 Å². The second-order valence-corrected chi connectivity index (χ2v) is 7.27. The van der Waals surface area contributed by atoms with E-state index in [0.717, 1.165) is 0 Å². The van der Waals surface area contributed by atoms with Crippen LogP contribution in [0.5, 0.6) is 11.5 Å². The first-order valence-electron chi connectivity index (χ1n) is 10.4. The Kier molecular flexibility index (Phi) is 7.86. The zero-order valence-electron chi connectivity index (χ0n) is 18.2. The number of ether oxygens (including phenoxy) is 2. The predicted octanol–water partition coefficient (Wildman–Crippen LogP) is 4.37. The molecule has 0 fully saturated rings. The Bertz CT molecular complexity index is 1120. The summed E-state index contributed by atoms with van der Waals surface area (Å²) in [5, 5.41) is 20.3. The quantitative estimate of drug-likeness (QED) is 0.254. The van der Waals surface area contributed by atoms with Crippen molar-refractivity contribution in [1.29, 1.82) is 5.41 Å². The molecule has 0 aliphatic heterocycles. The molecule has 8 heteroatoms. The first-order valence-corrected chi connectivity index (χ1v) is 10.4. The molecule has 0 bridgehead atoms. The highest BCUT2D eigenvalue weighted by atomic mass is 19.1. The third-order valence-electron chi connectivity index (χ3n) is 4.90. The van der Waals surface area contributed by atoms with E-state index < -0.39 is 12.0 Å². The van der Waals surface area contributed by atoms with E-state index in [2.05, 4.69) is 5.32 Å². The van der Waals surface area contributed by atoms with Gasteiger partial charge in [0.1, 0.15) is 23.2 Å². The predicted molar refractivity (Wildman–Crippen MR) is 125 cm³/mol. The highest BCUT2D eigenvalue weighted by molar-refractivity contribution is 5.95. The third-order valence-corrected chi connectivity index (χ3v) is 4.90. The van der Waals surface area contributed by atoms with E-state index in [0.29, 0.717) is 46.9 Å². The molecular weight excluding hydrogens is 425 g/mol. The summed E-state index contributed by atoms with van der Waals surface area (Å²) in [5.74, 6) is -0.562. The molecule has 0 saturated heterocycles. The Labute approximate surface area is 191 Å². The number of hydrogen-bond donors (Lipinski definition) is 4. The van der Waals surface area contributed by atoms with Crippen LogP contribution in [0.2, 0.25) is 0 Å². The van der Waals surface area contributed by atoms with E-state index >= 15 is 0 Å². The molecule has 3 aromatic carbocycles. The number of rotatable bonds is 11. The lowest BCUT2D eigenvalue weighted by Gasteiger charge is -2.19. The molecule has 3 rings (SSSR count). The van der Waals surface area contributed by atoms with Crippen LogP contribution >= 0.6 is 0 Å². The number of halogens is 1. The van der Waals surface area contributed by atoms with Gasteiger partial charge in [0.15, 0.2) is 6.04 Å². The zero-order chi connectivity index (χ0) is 23.8. The molecule has 172 valence electrons. The van der Waals surface area contributed by atoms with Crippen molar-refractivity contribution in [2.45, 2.75) is 19.4 Å². The van der Waals surface area contributed by atoms with Crippen molar-refractivity contribution in [3.63, 3.8) is 0 Å². The topological polar surface area (TPSA) is 118 Å². The number of anilines is 1. The lowest BCUT2D eigenvalue weighted by Crippen LogP contribution is -2.21. The third kappa shape index (κ3) is 6.46. The average molecular weight is 451 g/mol. The van der Waals surface area contributed by atoms with E-state index in [4.69, 9.17) is 20.6 Å². The van der Waals surface area contributed by atoms with Crippen LogP contribution in [0, 0.1) is 11.2 Å². The molecule has 0 aliphatic rings. The molecule has 3 aromatic rings. The molecular formula is C25H26FN3O4. The van der Waals surface area contributed by atoms with Gasteiger partial charge in [0.2, 0.25) is 0 Å². The number of benzene rings is 3. The molecule has 0 aromatic heterocycles. The van der Waals surface area contributed by atoms with Gasteiger partial charge in [-0.15, -0.1) is 0 Å². The summed E-state index contributed by atoms with van der Waals surface area (Å²) in [5.41, 5.74) is 7.54. The molecule has 1 atom stereocenters. The maximum Gasteiger partial charge on any atom is 0.330 e. The summed E-state index contributed by atoms with van der Waals surface area (Å²) in [7, 11) is 0. The van der Waals surface area contributed by atoms with Crippen molar-refractivity contribution < 1.29 is 23.8 Å². The van der Waals surface area contributed by atoms with Crippen LogP contribution < -0.4 is 20.5 Å². The first-order chi connectivity index (χ1) is 15.9. The summed E-state index contributed by atoms with van der Waals surface area (Å²) in [4.78, 5) is 12.1. The van der Waals surface area contributed by atoms with Crippen LogP contribution in [0.25, 0.3) is 0 Å². The number of amidine groups is 1. The first kappa shape index (κ1) is 23.6. The summed E-state index contributed by atoms with van der Waals surface area (Å²) in [6.07, 6.45) is 0.365. The lowest BCUT2D eigenvalue weighted by atomic mass is 10.1. The van der Waals surface area contributed by atoms with Gasteiger partial charge in [0, 0.05) is 23.7 Å². The van der Waals surface area contributed by atoms with E-state index in [1.165, 1.54) is 6.07 Å². The Morgan fingerprint density at radius 2 is 1.76 bits per heavy atom. The molecule has 33 heavy (non-hydrogen) atoms. The maximum atomic E-state index is 13.8. The van der Waals surface area contributed by atoms with Crippen LogP contribution in [0.15, 0.2) is 66.7 Å². The Morgan fingerprint density at radius 3 is 2.36 bits per heavy atom. The highest BCUT2D eigenvalue weighted by Crippen LogP contribution is 2.29. The smallest absolute Gasteiger partial charge is 0.330 e. The van der Waals surface area contributed by atoms with Crippen molar-refractivity contribution in [3.05, 3.63) is 89.2 Å². The van der Waals surface area contributed by atoms with Gasteiger partial charge in [0.05, 0.1) is 13.2 Å². The standard InChI is InChI=1S/C25H26FN3O4/c1-2-32-20-13-18(14-21(15-20)33-12-11-16-5-3-4-6-22(16)26)23(25(30)31)29-19-9-7-17(8-10-19)24(27)28/h3-10,13-15,23,29H,2,11-12H2,1H3,(H3,27,28)(H,30,31). The summed E-state index contributed by atoms with van der Waals surface area (Å²) in [6.45, 7) is 2.44. The van der Waals surface area contributed by atoms with Crippen LogP contribution in [-0.2, 0) is 11.2 Å². The van der Waals surface area contributed by atoms with Crippen molar-refractivity contribution in [1.82, 2.24) is 0 Å². The fourth-order valence-corrected chi connectivity index (χ4v) is 3.27. The average Bonchev–Trinajstić information content (AvgIpc) is 2.79. The number of carboxylic acids is 1. The van der Waals surface area contributed by atoms with Crippen molar-refractivity contribution in [2.75, 3.05) is 18.5 Å². The van der Waals surface area contributed by atoms with Crippen LogP contribution in [0.1, 0.15) is 29.7 Å². The van der Waals surface area contributed by atoms with E-state index in [1.54, 1.807) is 60.7 Å². The second-order valence-electron chi connectivity index (χ2n) is 7.27. The van der Waals surface area contributed by atoms with Gasteiger partial charge in [-0.05, 0) is 60.5 Å². The number of carboxylic acid groups (broad SMARTS) is 1. The minimum absolute atomic E-state index is 0.0714. The minimum Gasteiger partial charge on any atom is -0.494 e. The summed E-state index contributed by atoms with van der Waals surface area (Å²) in [6, 6.07) is 16.9. The fraction of sp³-hybridized carbons (Fsp3) is 0.200. The van der Waals surface area contributed by atoms with Crippen LogP contribution in [0.4, 0.5) is 10.1 Å². The van der Waals surface area contributed by atoms with Crippen LogP contribution in [-0.4, -0.2) is 30.1 Å². The number of nitrogens with one attached hydrogen (secondary N) is 2. The van der Waals surface area contributed by atoms with Gasteiger partial charge in [-0.1, -0.05) is 18.2 Å². The molecule has 0 spiro atoms. The van der Waals surface area contributed by atoms with E-state index in [-0.39, 0.29) is 18.3 Å². The second kappa shape index (κ2) is 11.0. The summed E-state index contributed by atoms with van der Waals surface area (Å²) >= 11 is 0. The van der Waals surface area contributed by atoms with Crippen molar-refractivity contribution in [2.24, 2.45) is 5.73 Å². The van der Waals surface area contributed by atoms with Crippen LogP contribution in [0.3, 0.4) is 0 Å². The SMILES string of the molecule is CCOc1cc(OCCc2ccccc2F)cc(C(Nc2ccc(C(=N)N)cc2)C(=O)O)c1. The summed E-state index contributed by atoms with van der Waals surface area (Å²) < 4.78 is 25.3. The van der Waals surface area contributed by atoms with Crippen molar-refractivity contribution in [3.8, 4) is 11.5 Å². The van der Waals surface area contributed by atoms with Crippen molar-refractivity contribution >= 4 is 17.5 Å². The van der Waals surface area contributed by atoms with Gasteiger partial charge in [0.25, 0.3) is 0 Å². The monoisotopic (exact) mass is 451 g/mol. The molecule has 0 aliphatic carbocycles. The number of aliphatic carboxylic acids is 1. The highest BCUT2D eigenvalue weighted by Gasteiger charge is 2.22. The number of carbonyl (C=O) groups is 1. The fourth-order valence-electron chi connectivity index (χ4n) is 3.27. The maximum absolute atomic E-state index is 13.8. The number of hydrogen-bond acceptors (Lipinski definition) is 5. The lowest BCUT2D eigenvalue weighted by molar-refractivity contribution is -0.138. The Balaban J connectivity index is 1.80. The molecule has 0 saturated carbocycles. The molecule has 0 heterocycles. The normalized spacial score (nSPS) is 11.5. The minimum atomic E-state index is -1.09. The molecule has 1 unspecified atom stereocenters. The largest absolute Gasteiger partial charge is 0.494 e. The number of nitrogen functional groups attached to an aromatic ring is 1.